The normalized spacial score (nSPS) is 29.7. The van der Waals surface area contributed by atoms with Gasteiger partial charge >= 0.3 is 0 Å². The fourth-order valence-electron chi connectivity index (χ4n) is 4.72. The van der Waals surface area contributed by atoms with Crippen molar-refractivity contribution in [3.8, 4) is 0 Å². The van der Waals surface area contributed by atoms with Gasteiger partial charge in [0.2, 0.25) is 5.91 Å². The van der Waals surface area contributed by atoms with Crippen LogP contribution in [0.5, 0.6) is 0 Å². The molecule has 0 bridgehead atoms. The first-order chi connectivity index (χ1) is 11.7. The quantitative estimate of drug-likeness (QED) is 0.924. The van der Waals surface area contributed by atoms with Gasteiger partial charge in [-0.25, -0.2) is 0 Å². The summed E-state index contributed by atoms with van der Waals surface area (Å²) >= 11 is 0. The lowest BCUT2D eigenvalue weighted by molar-refractivity contribution is -0.143. The lowest BCUT2D eigenvalue weighted by Crippen LogP contribution is -2.54. The van der Waals surface area contributed by atoms with Crippen LogP contribution in [0.1, 0.15) is 42.4 Å². The number of aliphatic hydroxyl groups excluding tert-OH is 1. The van der Waals surface area contributed by atoms with E-state index in [2.05, 4.69) is 18.2 Å². The van der Waals surface area contributed by atoms with Gasteiger partial charge in [-0.05, 0) is 48.8 Å². The Morgan fingerprint density at radius 2 is 2.08 bits per heavy atom. The maximum Gasteiger partial charge on any atom is 0.227 e. The SMILES string of the molecule is O=C(Cc1ccc2c(c1)CCC2)N1CCOC[C@@H]1[C@@H]1CCC[C@H]1O. The average Bonchev–Trinajstić information content (AvgIpc) is 3.23. The van der Waals surface area contributed by atoms with Gasteiger partial charge in [-0.3, -0.25) is 4.79 Å². The lowest BCUT2D eigenvalue weighted by atomic mass is 9.93. The standard InChI is InChI=1S/C20H27NO3/c22-19-6-2-5-17(19)18-13-24-10-9-21(18)20(23)12-14-7-8-15-3-1-4-16(15)11-14/h7-8,11,17-19,22H,1-6,9-10,12-13H2/t17-,18+,19+/m0/s1. The molecule has 1 aliphatic heterocycles. The van der Waals surface area contributed by atoms with E-state index in [1.807, 2.05) is 4.90 Å². The Hall–Kier alpha value is -1.39. The Morgan fingerprint density at radius 3 is 2.92 bits per heavy atom. The van der Waals surface area contributed by atoms with Crippen LogP contribution in [0.25, 0.3) is 0 Å². The molecule has 1 aromatic carbocycles. The first-order valence-electron chi connectivity index (χ1n) is 9.38. The molecular formula is C20H27NO3. The highest BCUT2D eigenvalue weighted by Gasteiger charge is 2.39. The second-order valence-corrected chi connectivity index (χ2v) is 7.52. The summed E-state index contributed by atoms with van der Waals surface area (Å²) in [6.07, 6.45) is 6.64. The summed E-state index contributed by atoms with van der Waals surface area (Å²) in [4.78, 5) is 14.9. The molecule has 2 fully saturated rings. The van der Waals surface area contributed by atoms with E-state index < -0.39 is 0 Å². The summed E-state index contributed by atoms with van der Waals surface area (Å²) in [5.74, 6) is 0.356. The van der Waals surface area contributed by atoms with E-state index in [4.69, 9.17) is 4.74 Å². The summed E-state index contributed by atoms with van der Waals surface area (Å²) in [6.45, 7) is 1.82. The Balaban J connectivity index is 1.47. The van der Waals surface area contributed by atoms with Crippen molar-refractivity contribution in [2.45, 2.75) is 57.1 Å². The molecule has 3 aliphatic rings. The molecular weight excluding hydrogens is 302 g/mol. The maximum absolute atomic E-state index is 12.9. The molecule has 130 valence electrons. The maximum atomic E-state index is 12.9. The van der Waals surface area contributed by atoms with Gasteiger partial charge in [0, 0.05) is 12.5 Å². The molecule has 0 aromatic heterocycles. The number of benzene rings is 1. The molecule has 4 nitrogen and oxygen atoms in total. The van der Waals surface area contributed by atoms with Gasteiger partial charge in [-0.2, -0.15) is 0 Å². The lowest BCUT2D eigenvalue weighted by Gasteiger charge is -2.40. The zero-order valence-corrected chi connectivity index (χ0v) is 14.2. The third-order valence-electron chi connectivity index (χ3n) is 6.03. The number of carbonyl (C=O) groups is 1. The predicted octanol–water partition coefficient (Wildman–Crippen LogP) is 2.11. The molecule has 2 aliphatic carbocycles. The Morgan fingerprint density at radius 1 is 1.21 bits per heavy atom. The van der Waals surface area contributed by atoms with Crippen molar-refractivity contribution in [1.82, 2.24) is 4.90 Å². The monoisotopic (exact) mass is 329 g/mol. The summed E-state index contributed by atoms with van der Waals surface area (Å²) in [7, 11) is 0. The molecule has 1 N–H and O–H groups in total. The van der Waals surface area contributed by atoms with Crippen molar-refractivity contribution in [2.24, 2.45) is 5.92 Å². The van der Waals surface area contributed by atoms with Crippen molar-refractivity contribution in [2.75, 3.05) is 19.8 Å². The van der Waals surface area contributed by atoms with Crippen molar-refractivity contribution >= 4 is 5.91 Å². The third kappa shape index (κ3) is 3.09. The fraction of sp³-hybridized carbons (Fsp3) is 0.650. The minimum Gasteiger partial charge on any atom is -0.393 e. The van der Waals surface area contributed by atoms with Crippen LogP contribution in [-0.4, -0.2) is 47.8 Å². The molecule has 0 spiro atoms. The van der Waals surface area contributed by atoms with E-state index in [-0.39, 0.29) is 24.0 Å². The molecule has 1 amide bonds. The molecule has 1 saturated heterocycles. The van der Waals surface area contributed by atoms with Gasteiger partial charge in [0.25, 0.3) is 0 Å². The van der Waals surface area contributed by atoms with Gasteiger partial charge in [0.15, 0.2) is 0 Å². The number of aliphatic hydroxyl groups is 1. The molecule has 3 atom stereocenters. The second kappa shape index (κ2) is 6.85. The zero-order chi connectivity index (χ0) is 16.5. The van der Waals surface area contributed by atoms with Gasteiger partial charge < -0.3 is 14.7 Å². The van der Waals surface area contributed by atoms with Crippen LogP contribution in [0.3, 0.4) is 0 Å². The Bertz CT molecular complexity index is 615. The molecule has 24 heavy (non-hydrogen) atoms. The van der Waals surface area contributed by atoms with E-state index >= 15 is 0 Å². The highest BCUT2D eigenvalue weighted by molar-refractivity contribution is 5.79. The van der Waals surface area contributed by atoms with Crippen molar-refractivity contribution in [3.05, 3.63) is 34.9 Å². The highest BCUT2D eigenvalue weighted by Crippen LogP contribution is 2.32. The number of rotatable bonds is 3. The smallest absolute Gasteiger partial charge is 0.227 e. The summed E-state index contributed by atoms with van der Waals surface area (Å²) in [5, 5.41) is 10.2. The summed E-state index contributed by atoms with van der Waals surface area (Å²) in [6, 6.07) is 6.57. The molecule has 0 unspecified atom stereocenters. The summed E-state index contributed by atoms with van der Waals surface area (Å²) in [5.41, 5.74) is 3.99. The number of aryl methyl sites for hydroxylation is 2. The number of carbonyl (C=O) groups excluding carboxylic acids is 1. The number of hydrogen-bond acceptors (Lipinski definition) is 3. The topological polar surface area (TPSA) is 49.8 Å². The van der Waals surface area contributed by atoms with Crippen LogP contribution in [0.4, 0.5) is 0 Å². The number of nitrogens with zero attached hydrogens (tertiary/aromatic N) is 1. The van der Waals surface area contributed by atoms with Crippen LogP contribution in [0, 0.1) is 5.92 Å². The van der Waals surface area contributed by atoms with Crippen LogP contribution in [0.15, 0.2) is 18.2 Å². The minimum absolute atomic E-state index is 0.0400. The molecule has 1 saturated carbocycles. The molecule has 1 aromatic rings. The van der Waals surface area contributed by atoms with E-state index in [0.29, 0.717) is 26.2 Å². The average molecular weight is 329 g/mol. The van der Waals surface area contributed by atoms with Crippen molar-refractivity contribution in [3.63, 3.8) is 0 Å². The van der Waals surface area contributed by atoms with Gasteiger partial charge in [0.1, 0.15) is 0 Å². The van der Waals surface area contributed by atoms with Crippen molar-refractivity contribution in [1.29, 1.82) is 0 Å². The number of ether oxygens (including phenoxy) is 1. The molecule has 0 radical (unpaired) electrons. The second-order valence-electron chi connectivity index (χ2n) is 7.52. The van der Waals surface area contributed by atoms with Crippen LogP contribution >= 0.6 is 0 Å². The summed E-state index contributed by atoms with van der Waals surface area (Å²) < 4.78 is 5.63. The Kier molecular flexibility index (Phi) is 4.59. The number of amides is 1. The largest absolute Gasteiger partial charge is 0.393 e. The predicted molar refractivity (Wildman–Crippen MR) is 91.8 cm³/mol. The van der Waals surface area contributed by atoms with Crippen molar-refractivity contribution < 1.29 is 14.6 Å². The van der Waals surface area contributed by atoms with E-state index in [1.54, 1.807) is 0 Å². The van der Waals surface area contributed by atoms with E-state index in [0.717, 1.165) is 31.2 Å². The molecule has 4 heteroatoms. The van der Waals surface area contributed by atoms with Crippen LogP contribution in [-0.2, 0) is 28.8 Å². The van der Waals surface area contributed by atoms with Gasteiger partial charge in [0.05, 0.1) is 31.8 Å². The first kappa shape index (κ1) is 16.1. The highest BCUT2D eigenvalue weighted by atomic mass is 16.5. The Labute approximate surface area is 143 Å². The van der Waals surface area contributed by atoms with E-state index in [9.17, 15) is 9.90 Å². The van der Waals surface area contributed by atoms with Gasteiger partial charge in [-0.15, -0.1) is 0 Å². The number of fused-ring (bicyclic) bond motifs is 1. The first-order valence-corrected chi connectivity index (χ1v) is 9.38. The number of morpholine rings is 1. The molecule has 4 rings (SSSR count). The number of hydrogen-bond donors (Lipinski definition) is 1. The minimum atomic E-state index is -0.285. The van der Waals surface area contributed by atoms with E-state index in [1.165, 1.54) is 24.0 Å². The van der Waals surface area contributed by atoms with Crippen LogP contribution in [0.2, 0.25) is 0 Å². The fourth-order valence-corrected chi connectivity index (χ4v) is 4.72. The zero-order valence-electron chi connectivity index (χ0n) is 14.2. The van der Waals surface area contributed by atoms with Crippen LogP contribution < -0.4 is 0 Å². The third-order valence-corrected chi connectivity index (χ3v) is 6.03. The molecule has 1 heterocycles. The van der Waals surface area contributed by atoms with Gasteiger partial charge in [-0.1, -0.05) is 24.6 Å².